The number of hydrogen-bond donors (Lipinski definition) is 4. The first kappa shape index (κ1) is 22.1. The van der Waals surface area contributed by atoms with Crippen LogP contribution in [0.4, 0.5) is 0 Å². The van der Waals surface area contributed by atoms with Crippen molar-refractivity contribution in [3.8, 4) is 0 Å². The molecule has 0 aliphatic rings. The minimum Gasteiger partial charge on any atom is -0.481 e. The average Bonchev–Trinajstić information content (AvgIpc) is 2.50. The molecule has 0 bridgehead atoms. The molecule has 0 aromatic rings. The maximum absolute atomic E-state index is 10.4. The summed E-state index contributed by atoms with van der Waals surface area (Å²) >= 11 is 0. The maximum atomic E-state index is 10.4. The number of unbranched alkanes of at least 4 members (excludes halogenated alkanes) is 4. The SMILES string of the molecule is CCCCCCCC(O)C=CC(O)CCC(O)CCCC(=O)O. The minimum absolute atomic E-state index is 0.0595. The quantitative estimate of drug-likeness (QED) is 0.273. The Morgan fingerprint density at radius 3 is 2.04 bits per heavy atom. The summed E-state index contributed by atoms with van der Waals surface area (Å²) in [5.41, 5.74) is 0. The third-order valence-corrected chi connectivity index (χ3v) is 3.88. The summed E-state index contributed by atoms with van der Waals surface area (Å²) in [7, 11) is 0. The van der Waals surface area contributed by atoms with E-state index in [0.29, 0.717) is 32.1 Å². The molecule has 0 spiro atoms. The van der Waals surface area contributed by atoms with Crippen molar-refractivity contribution in [3.63, 3.8) is 0 Å². The van der Waals surface area contributed by atoms with Crippen molar-refractivity contribution in [3.05, 3.63) is 12.2 Å². The highest BCUT2D eigenvalue weighted by molar-refractivity contribution is 5.66. The van der Waals surface area contributed by atoms with E-state index < -0.39 is 24.3 Å². The van der Waals surface area contributed by atoms with Gasteiger partial charge in [0.1, 0.15) is 0 Å². The Morgan fingerprint density at radius 2 is 1.43 bits per heavy atom. The van der Waals surface area contributed by atoms with Gasteiger partial charge in [0.25, 0.3) is 0 Å². The lowest BCUT2D eigenvalue weighted by atomic mass is 10.0. The van der Waals surface area contributed by atoms with Gasteiger partial charge in [-0.1, -0.05) is 51.2 Å². The summed E-state index contributed by atoms with van der Waals surface area (Å²) < 4.78 is 0. The maximum Gasteiger partial charge on any atom is 0.303 e. The van der Waals surface area contributed by atoms with Gasteiger partial charge in [0, 0.05) is 6.42 Å². The van der Waals surface area contributed by atoms with Crippen LogP contribution >= 0.6 is 0 Å². The molecular formula is C18H34O5. The van der Waals surface area contributed by atoms with Crippen molar-refractivity contribution in [2.45, 2.75) is 95.9 Å². The summed E-state index contributed by atoms with van der Waals surface area (Å²) in [6.07, 6.45) is 9.68. The lowest BCUT2D eigenvalue weighted by Gasteiger charge is -2.12. The van der Waals surface area contributed by atoms with Crippen LogP contribution in [-0.2, 0) is 4.79 Å². The topological polar surface area (TPSA) is 98.0 Å². The number of aliphatic carboxylic acids is 1. The average molecular weight is 330 g/mol. The highest BCUT2D eigenvalue weighted by Gasteiger charge is 2.09. The molecule has 3 atom stereocenters. The summed E-state index contributed by atoms with van der Waals surface area (Å²) in [5, 5.41) is 37.8. The van der Waals surface area contributed by atoms with Gasteiger partial charge >= 0.3 is 5.97 Å². The molecule has 3 unspecified atom stereocenters. The molecule has 136 valence electrons. The Kier molecular flexibility index (Phi) is 14.1. The van der Waals surface area contributed by atoms with Gasteiger partial charge in [-0.05, 0) is 32.1 Å². The van der Waals surface area contributed by atoms with E-state index in [2.05, 4.69) is 6.92 Å². The van der Waals surface area contributed by atoms with Gasteiger partial charge < -0.3 is 20.4 Å². The number of aliphatic hydroxyl groups excluding tert-OH is 3. The molecule has 5 nitrogen and oxygen atoms in total. The zero-order valence-electron chi connectivity index (χ0n) is 14.4. The van der Waals surface area contributed by atoms with Crippen LogP contribution in [0.5, 0.6) is 0 Å². The van der Waals surface area contributed by atoms with Crippen molar-refractivity contribution in [1.29, 1.82) is 0 Å². The third kappa shape index (κ3) is 15.8. The molecule has 0 heterocycles. The molecule has 5 heteroatoms. The van der Waals surface area contributed by atoms with Crippen molar-refractivity contribution >= 4 is 5.97 Å². The van der Waals surface area contributed by atoms with E-state index >= 15 is 0 Å². The summed E-state index contributed by atoms with van der Waals surface area (Å²) in [6.45, 7) is 2.17. The van der Waals surface area contributed by atoms with Gasteiger partial charge in [-0.3, -0.25) is 4.79 Å². The lowest BCUT2D eigenvalue weighted by Crippen LogP contribution is -2.13. The highest BCUT2D eigenvalue weighted by atomic mass is 16.4. The highest BCUT2D eigenvalue weighted by Crippen LogP contribution is 2.11. The van der Waals surface area contributed by atoms with E-state index in [9.17, 15) is 20.1 Å². The first-order valence-electron chi connectivity index (χ1n) is 8.90. The van der Waals surface area contributed by atoms with Crippen LogP contribution in [-0.4, -0.2) is 44.7 Å². The number of rotatable bonds is 15. The second-order valence-electron chi connectivity index (χ2n) is 6.24. The predicted octanol–water partition coefficient (Wildman–Crippen LogP) is 3.02. The van der Waals surface area contributed by atoms with Gasteiger partial charge in [-0.2, -0.15) is 0 Å². The van der Waals surface area contributed by atoms with Crippen molar-refractivity contribution in [2.24, 2.45) is 0 Å². The first-order chi connectivity index (χ1) is 11.0. The molecule has 0 rings (SSSR count). The van der Waals surface area contributed by atoms with E-state index in [4.69, 9.17) is 5.11 Å². The fraction of sp³-hybridized carbons (Fsp3) is 0.833. The molecule has 0 saturated heterocycles. The second-order valence-corrected chi connectivity index (χ2v) is 6.24. The molecule has 0 radical (unpaired) electrons. The van der Waals surface area contributed by atoms with E-state index in [0.717, 1.165) is 12.8 Å². The van der Waals surface area contributed by atoms with Crippen LogP contribution in [0.25, 0.3) is 0 Å². The van der Waals surface area contributed by atoms with Gasteiger partial charge in [-0.25, -0.2) is 0 Å². The Balaban J connectivity index is 3.69. The number of carboxylic acid groups (broad SMARTS) is 1. The Morgan fingerprint density at radius 1 is 0.826 bits per heavy atom. The van der Waals surface area contributed by atoms with Gasteiger partial charge in [0.05, 0.1) is 18.3 Å². The normalized spacial score (nSPS) is 15.7. The minimum atomic E-state index is -0.858. The van der Waals surface area contributed by atoms with E-state index in [1.165, 1.54) is 19.3 Å². The Labute approximate surface area is 140 Å². The van der Waals surface area contributed by atoms with Crippen LogP contribution in [0.15, 0.2) is 12.2 Å². The molecule has 0 fully saturated rings. The molecule has 0 aromatic heterocycles. The van der Waals surface area contributed by atoms with Crippen LogP contribution in [0.2, 0.25) is 0 Å². The summed E-state index contributed by atoms with van der Waals surface area (Å²) in [6, 6.07) is 0. The standard InChI is InChI=1S/C18H34O5/c1-2-3-4-5-6-8-15(19)11-13-17(21)14-12-16(20)9-7-10-18(22)23/h11,13,15-17,19-21H,2-10,12,14H2,1H3,(H,22,23). The molecule has 0 aliphatic carbocycles. The van der Waals surface area contributed by atoms with E-state index in [1.54, 1.807) is 12.2 Å². The van der Waals surface area contributed by atoms with E-state index in [1.807, 2.05) is 0 Å². The summed E-state index contributed by atoms with van der Waals surface area (Å²) in [5.74, 6) is -0.858. The molecule has 23 heavy (non-hydrogen) atoms. The number of aliphatic hydroxyl groups is 3. The Bertz CT molecular complexity index is 317. The van der Waals surface area contributed by atoms with Crippen LogP contribution in [0, 0.1) is 0 Å². The van der Waals surface area contributed by atoms with Crippen LogP contribution < -0.4 is 0 Å². The summed E-state index contributed by atoms with van der Waals surface area (Å²) in [4.78, 5) is 10.4. The van der Waals surface area contributed by atoms with Gasteiger partial charge in [0.15, 0.2) is 0 Å². The zero-order valence-corrected chi connectivity index (χ0v) is 14.4. The molecule has 4 N–H and O–H groups in total. The van der Waals surface area contributed by atoms with Crippen LogP contribution in [0.3, 0.4) is 0 Å². The van der Waals surface area contributed by atoms with Gasteiger partial charge in [-0.15, -0.1) is 0 Å². The molecule has 0 amide bonds. The van der Waals surface area contributed by atoms with Crippen molar-refractivity contribution in [1.82, 2.24) is 0 Å². The number of hydrogen-bond acceptors (Lipinski definition) is 4. The molecule has 0 aliphatic heterocycles. The molecular weight excluding hydrogens is 296 g/mol. The van der Waals surface area contributed by atoms with Crippen molar-refractivity contribution in [2.75, 3.05) is 0 Å². The van der Waals surface area contributed by atoms with Crippen molar-refractivity contribution < 1.29 is 25.2 Å². The Hall–Kier alpha value is -0.910. The monoisotopic (exact) mass is 330 g/mol. The lowest BCUT2D eigenvalue weighted by molar-refractivity contribution is -0.137. The fourth-order valence-corrected chi connectivity index (χ4v) is 2.40. The zero-order chi connectivity index (χ0) is 17.5. The first-order valence-corrected chi connectivity index (χ1v) is 8.90. The number of carbonyl (C=O) groups is 1. The van der Waals surface area contributed by atoms with Crippen LogP contribution in [0.1, 0.15) is 77.6 Å². The molecule has 0 aromatic carbocycles. The second kappa shape index (κ2) is 14.7. The molecule has 0 saturated carbocycles. The number of carboxylic acids is 1. The third-order valence-electron chi connectivity index (χ3n) is 3.88. The van der Waals surface area contributed by atoms with E-state index in [-0.39, 0.29) is 6.42 Å². The predicted molar refractivity (Wildman–Crippen MR) is 91.3 cm³/mol. The largest absolute Gasteiger partial charge is 0.481 e. The smallest absolute Gasteiger partial charge is 0.303 e. The van der Waals surface area contributed by atoms with Gasteiger partial charge in [0.2, 0.25) is 0 Å². The fourth-order valence-electron chi connectivity index (χ4n) is 2.40.